The Balaban J connectivity index is 2.35. The highest BCUT2D eigenvalue weighted by molar-refractivity contribution is 5.74. The van der Waals surface area contributed by atoms with E-state index in [2.05, 4.69) is 0 Å². The van der Waals surface area contributed by atoms with Crippen LogP contribution < -0.4 is 0 Å². The summed E-state index contributed by atoms with van der Waals surface area (Å²) in [4.78, 5) is 15.0. The van der Waals surface area contributed by atoms with E-state index >= 15 is 0 Å². The predicted octanol–water partition coefficient (Wildman–Crippen LogP) is 0.284. The smallest absolute Gasteiger partial charge is 0.319 e. The maximum Gasteiger partial charge on any atom is 0.319 e. The Morgan fingerprint density at radius 1 is 1.57 bits per heavy atom. The molecule has 1 aliphatic heterocycles. The van der Waals surface area contributed by atoms with Gasteiger partial charge >= 0.3 is 6.03 Å². The molecule has 1 fully saturated rings. The second-order valence-electron chi connectivity index (χ2n) is 3.21. The van der Waals surface area contributed by atoms with Crippen LogP contribution in [0, 0.1) is 11.3 Å². The van der Waals surface area contributed by atoms with Crippen molar-refractivity contribution in [3.8, 4) is 6.07 Å². The van der Waals surface area contributed by atoms with Crippen LogP contribution in [0.3, 0.4) is 0 Å². The Morgan fingerprint density at radius 3 is 2.79 bits per heavy atom. The number of hydrogen-bond donors (Lipinski definition) is 0. The highest BCUT2D eigenvalue weighted by atomic mass is 16.5. The monoisotopic (exact) mass is 197 g/mol. The van der Waals surface area contributed by atoms with Crippen molar-refractivity contribution in [2.24, 2.45) is 0 Å². The summed E-state index contributed by atoms with van der Waals surface area (Å²) in [6.45, 7) is 3.01. The van der Waals surface area contributed by atoms with Crippen LogP contribution >= 0.6 is 0 Å². The maximum absolute atomic E-state index is 11.7. The molecule has 0 bridgehead atoms. The van der Waals surface area contributed by atoms with Crippen LogP contribution in [-0.2, 0) is 4.74 Å². The lowest BCUT2D eigenvalue weighted by Crippen LogP contribution is -2.47. The predicted molar refractivity (Wildman–Crippen MR) is 50.6 cm³/mol. The zero-order valence-electron chi connectivity index (χ0n) is 8.40. The van der Waals surface area contributed by atoms with Crippen LogP contribution in [0.4, 0.5) is 4.79 Å². The van der Waals surface area contributed by atoms with E-state index < -0.39 is 0 Å². The van der Waals surface area contributed by atoms with Gasteiger partial charge in [-0.05, 0) is 0 Å². The number of nitrogens with zero attached hydrogens (tertiary/aromatic N) is 3. The molecular weight excluding hydrogens is 182 g/mol. The number of carbonyl (C=O) groups excluding carboxylic acids is 1. The third kappa shape index (κ3) is 2.89. The number of rotatable bonds is 2. The minimum atomic E-state index is -0.0106. The molecule has 5 nitrogen and oxygen atoms in total. The van der Waals surface area contributed by atoms with Crippen LogP contribution in [0.2, 0.25) is 0 Å². The minimum absolute atomic E-state index is 0.0106. The third-order valence-electron chi connectivity index (χ3n) is 2.17. The summed E-state index contributed by atoms with van der Waals surface area (Å²) in [5, 5.41) is 8.39. The van der Waals surface area contributed by atoms with Crippen LogP contribution in [0.15, 0.2) is 0 Å². The van der Waals surface area contributed by atoms with E-state index in [-0.39, 0.29) is 6.03 Å². The van der Waals surface area contributed by atoms with E-state index in [1.807, 2.05) is 6.07 Å². The molecule has 1 heterocycles. The van der Waals surface area contributed by atoms with Gasteiger partial charge in [-0.25, -0.2) is 4.79 Å². The molecule has 1 aliphatic rings. The van der Waals surface area contributed by atoms with Crippen LogP contribution in [-0.4, -0.2) is 55.7 Å². The molecule has 0 aromatic heterocycles. The standard InChI is InChI=1S/C9H15N3O2/c1-11(4-2-3-10)9(13)12-5-7-14-8-6-12/h2,4-8H2,1H3. The Morgan fingerprint density at radius 2 is 2.21 bits per heavy atom. The van der Waals surface area contributed by atoms with Crippen molar-refractivity contribution in [3.05, 3.63) is 0 Å². The molecule has 1 rings (SSSR count). The van der Waals surface area contributed by atoms with Gasteiger partial charge in [-0.3, -0.25) is 0 Å². The van der Waals surface area contributed by atoms with Crippen molar-refractivity contribution in [3.63, 3.8) is 0 Å². The SMILES string of the molecule is CN(CCC#N)C(=O)N1CCOCC1. The summed E-state index contributed by atoms with van der Waals surface area (Å²) in [6.07, 6.45) is 0.382. The van der Waals surface area contributed by atoms with Crippen molar-refractivity contribution in [2.75, 3.05) is 39.9 Å². The topological polar surface area (TPSA) is 56.6 Å². The Hall–Kier alpha value is -1.28. The Labute approximate surface area is 83.8 Å². The van der Waals surface area contributed by atoms with E-state index in [0.29, 0.717) is 39.3 Å². The average molecular weight is 197 g/mol. The molecule has 5 heteroatoms. The van der Waals surface area contributed by atoms with Gasteiger partial charge in [0.15, 0.2) is 0 Å². The second-order valence-corrected chi connectivity index (χ2v) is 3.21. The highest BCUT2D eigenvalue weighted by Crippen LogP contribution is 2.01. The minimum Gasteiger partial charge on any atom is -0.378 e. The molecule has 2 amide bonds. The molecule has 1 saturated heterocycles. The molecule has 0 aliphatic carbocycles. The molecule has 0 saturated carbocycles. The number of ether oxygens (including phenoxy) is 1. The van der Waals surface area contributed by atoms with Gasteiger partial charge < -0.3 is 14.5 Å². The summed E-state index contributed by atoms with van der Waals surface area (Å²) in [7, 11) is 1.72. The second kappa shape index (κ2) is 5.45. The van der Waals surface area contributed by atoms with Gasteiger partial charge in [0.25, 0.3) is 0 Å². The van der Waals surface area contributed by atoms with E-state index in [1.54, 1.807) is 16.8 Å². The molecule has 0 aromatic rings. The molecule has 0 atom stereocenters. The van der Waals surface area contributed by atoms with Gasteiger partial charge in [0, 0.05) is 26.7 Å². The summed E-state index contributed by atoms with van der Waals surface area (Å²) in [5.74, 6) is 0. The van der Waals surface area contributed by atoms with E-state index in [1.165, 1.54) is 0 Å². The molecule has 78 valence electrons. The lowest BCUT2D eigenvalue weighted by molar-refractivity contribution is 0.0454. The van der Waals surface area contributed by atoms with Crippen LogP contribution in [0.5, 0.6) is 0 Å². The first-order valence-corrected chi connectivity index (χ1v) is 4.70. The van der Waals surface area contributed by atoms with Gasteiger partial charge in [0.1, 0.15) is 0 Å². The fraction of sp³-hybridized carbons (Fsp3) is 0.778. The zero-order chi connectivity index (χ0) is 10.4. The van der Waals surface area contributed by atoms with Crippen molar-refractivity contribution < 1.29 is 9.53 Å². The van der Waals surface area contributed by atoms with Crippen molar-refractivity contribution in [1.82, 2.24) is 9.80 Å². The molecule has 0 spiro atoms. The highest BCUT2D eigenvalue weighted by Gasteiger charge is 2.19. The molecule has 14 heavy (non-hydrogen) atoms. The summed E-state index contributed by atoms with van der Waals surface area (Å²) in [5.41, 5.74) is 0. The first kappa shape index (κ1) is 10.8. The molecular formula is C9H15N3O2. The number of amides is 2. The number of urea groups is 1. The lowest BCUT2D eigenvalue weighted by Gasteiger charge is -2.30. The number of carbonyl (C=O) groups is 1. The largest absolute Gasteiger partial charge is 0.378 e. The number of morpholine rings is 1. The van der Waals surface area contributed by atoms with E-state index in [0.717, 1.165) is 0 Å². The molecule has 0 N–H and O–H groups in total. The summed E-state index contributed by atoms with van der Waals surface area (Å²) >= 11 is 0. The fourth-order valence-corrected chi connectivity index (χ4v) is 1.31. The lowest BCUT2D eigenvalue weighted by atomic mass is 10.4. The van der Waals surface area contributed by atoms with Crippen molar-refractivity contribution >= 4 is 6.03 Å². The average Bonchev–Trinajstić information content (AvgIpc) is 2.26. The zero-order valence-corrected chi connectivity index (χ0v) is 8.40. The maximum atomic E-state index is 11.7. The first-order chi connectivity index (χ1) is 6.75. The molecule has 0 aromatic carbocycles. The van der Waals surface area contributed by atoms with Gasteiger partial charge in [0.05, 0.1) is 25.7 Å². The van der Waals surface area contributed by atoms with Crippen LogP contribution in [0.1, 0.15) is 6.42 Å². The van der Waals surface area contributed by atoms with Crippen molar-refractivity contribution in [1.29, 1.82) is 5.26 Å². The third-order valence-corrected chi connectivity index (χ3v) is 2.17. The normalized spacial score (nSPS) is 16.1. The first-order valence-electron chi connectivity index (χ1n) is 4.70. The van der Waals surface area contributed by atoms with E-state index in [9.17, 15) is 4.79 Å². The quantitative estimate of drug-likeness (QED) is 0.639. The van der Waals surface area contributed by atoms with Gasteiger partial charge in [-0.1, -0.05) is 0 Å². The summed E-state index contributed by atoms with van der Waals surface area (Å²) in [6, 6.07) is 2.01. The number of hydrogen-bond acceptors (Lipinski definition) is 3. The Kier molecular flexibility index (Phi) is 4.20. The summed E-state index contributed by atoms with van der Waals surface area (Å²) < 4.78 is 5.15. The van der Waals surface area contributed by atoms with Gasteiger partial charge in [0.2, 0.25) is 0 Å². The van der Waals surface area contributed by atoms with Crippen molar-refractivity contribution in [2.45, 2.75) is 6.42 Å². The Bertz CT molecular complexity index is 231. The van der Waals surface area contributed by atoms with E-state index in [4.69, 9.17) is 10.00 Å². The fourth-order valence-electron chi connectivity index (χ4n) is 1.31. The molecule has 0 radical (unpaired) electrons. The van der Waals surface area contributed by atoms with Crippen LogP contribution in [0.25, 0.3) is 0 Å². The molecule has 0 unspecified atom stereocenters. The van der Waals surface area contributed by atoms with Gasteiger partial charge in [-0.2, -0.15) is 5.26 Å². The number of nitriles is 1. The van der Waals surface area contributed by atoms with Gasteiger partial charge in [-0.15, -0.1) is 0 Å².